The van der Waals surface area contributed by atoms with Crippen LogP contribution in [0, 0.1) is 0 Å². The Bertz CT molecular complexity index is 948. The van der Waals surface area contributed by atoms with Crippen LogP contribution in [0.3, 0.4) is 0 Å². The lowest BCUT2D eigenvalue weighted by molar-refractivity contribution is -0.161. The van der Waals surface area contributed by atoms with E-state index in [9.17, 15) is 19.0 Å². The number of hydrogen-bond donors (Lipinski definition) is 2. The van der Waals surface area contributed by atoms with Crippen molar-refractivity contribution in [1.82, 2.24) is 0 Å². The number of carbonyl (C=O) groups is 2. The minimum Gasteiger partial charge on any atom is -0.462 e. The van der Waals surface area contributed by atoms with E-state index < -0.39 is 26.5 Å². The number of ether oxygens (including phenoxy) is 2. The zero-order chi connectivity index (χ0) is 41.8. The summed E-state index contributed by atoms with van der Waals surface area (Å²) >= 11 is 0. The molecular weight excluding hydrogens is 737 g/mol. The smallest absolute Gasteiger partial charge is 0.462 e. The molecule has 0 saturated heterocycles. The van der Waals surface area contributed by atoms with Gasteiger partial charge in [0.05, 0.1) is 13.2 Å². The van der Waals surface area contributed by atoms with E-state index in [2.05, 4.69) is 26.0 Å². The van der Waals surface area contributed by atoms with Crippen molar-refractivity contribution in [3.05, 3.63) is 12.2 Å². The molecule has 0 fully saturated rings. The second kappa shape index (κ2) is 44.3. The minimum absolute atomic E-state index is 0.0557. The van der Waals surface area contributed by atoms with Gasteiger partial charge < -0.3 is 20.1 Å². The Morgan fingerprint density at radius 3 is 1.25 bits per heavy atom. The summed E-state index contributed by atoms with van der Waals surface area (Å²) in [4.78, 5) is 35.0. The van der Waals surface area contributed by atoms with Gasteiger partial charge in [-0.25, -0.2) is 4.57 Å². The van der Waals surface area contributed by atoms with Crippen LogP contribution in [0.5, 0.6) is 0 Å². The maximum atomic E-state index is 12.6. The number of phosphoric ester groups is 1. The van der Waals surface area contributed by atoms with Gasteiger partial charge in [0.15, 0.2) is 6.10 Å². The molecule has 0 aromatic carbocycles. The summed E-state index contributed by atoms with van der Waals surface area (Å²) in [5, 5.41) is 0. The Morgan fingerprint density at radius 2 is 0.860 bits per heavy atom. The number of nitrogens with two attached hydrogens (primary N) is 1. The highest BCUT2D eigenvalue weighted by molar-refractivity contribution is 7.47. The first-order chi connectivity index (χ1) is 27.8. The summed E-state index contributed by atoms with van der Waals surface area (Å²) < 4.78 is 32.9. The van der Waals surface area contributed by atoms with Gasteiger partial charge in [-0.3, -0.25) is 18.6 Å². The largest absolute Gasteiger partial charge is 0.472 e. The molecule has 0 bridgehead atoms. The molecule has 0 aliphatic carbocycles. The van der Waals surface area contributed by atoms with Crippen molar-refractivity contribution in [2.75, 3.05) is 26.4 Å². The normalized spacial score (nSPS) is 13.3. The second-order valence-corrected chi connectivity index (χ2v) is 17.8. The number of carbonyl (C=O) groups excluding carboxylic acids is 2. The molecule has 0 aromatic heterocycles. The van der Waals surface area contributed by atoms with Gasteiger partial charge in [0.1, 0.15) is 6.61 Å². The number of allylic oxidation sites excluding steroid dienone is 2. The van der Waals surface area contributed by atoms with E-state index in [1.807, 2.05) is 0 Å². The van der Waals surface area contributed by atoms with E-state index in [4.69, 9.17) is 24.3 Å². The summed E-state index contributed by atoms with van der Waals surface area (Å²) in [6.45, 7) is 3.77. The Hall–Kier alpha value is -1.25. The van der Waals surface area contributed by atoms with E-state index >= 15 is 0 Å². The number of unbranched alkanes of at least 4 members (excludes halogenated alkanes) is 31. The number of esters is 2. The molecule has 57 heavy (non-hydrogen) atoms. The molecule has 0 aliphatic heterocycles. The zero-order valence-corrected chi connectivity index (χ0v) is 38.2. The Kier molecular flexibility index (Phi) is 43.3. The van der Waals surface area contributed by atoms with E-state index in [1.165, 1.54) is 167 Å². The second-order valence-electron chi connectivity index (χ2n) is 16.3. The molecule has 9 nitrogen and oxygen atoms in total. The van der Waals surface area contributed by atoms with Crippen molar-refractivity contribution < 1.29 is 37.6 Å². The highest BCUT2D eigenvalue weighted by Crippen LogP contribution is 2.43. The zero-order valence-electron chi connectivity index (χ0n) is 37.3. The lowest BCUT2D eigenvalue weighted by Crippen LogP contribution is -2.29. The summed E-state index contributed by atoms with van der Waals surface area (Å²) in [6, 6.07) is 0. The molecule has 10 heteroatoms. The van der Waals surface area contributed by atoms with E-state index in [1.54, 1.807) is 0 Å². The van der Waals surface area contributed by atoms with Crippen LogP contribution in [-0.2, 0) is 32.7 Å². The lowest BCUT2D eigenvalue weighted by Gasteiger charge is -2.19. The van der Waals surface area contributed by atoms with Gasteiger partial charge in [0.2, 0.25) is 0 Å². The minimum atomic E-state index is -4.38. The molecule has 0 rings (SSSR count). The Morgan fingerprint density at radius 1 is 0.509 bits per heavy atom. The van der Waals surface area contributed by atoms with Crippen molar-refractivity contribution in [1.29, 1.82) is 0 Å². The molecule has 0 amide bonds. The van der Waals surface area contributed by atoms with Crippen LogP contribution in [0.4, 0.5) is 0 Å². The predicted molar refractivity (Wildman–Crippen MR) is 238 cm³/mol. The Labute approximate surface area is 351 Å². The fraction of sp³-hybridized carbons (Fsp3) is 0.915. The van der Waals surface area contributed by atoms with Crippen molar-refractivity contribution >= 4 is 19.8 Å². The van der Waals surface area contributed by atoms with Gasteiger partial charge in [0.25, 0.3) is 0 Å². The van der Waals surface area contributed by atoms with Gasteiger partial charge in [-0.05, 0) is 38.5 Å². The molecule has 0 spiro atoms. The summed E-state index contributed by atoms with van der Waals surface area (Å²) in [7, 11) is -4.38. The van der Waals surface area contributed by atoms with Crippen LogP contribution in [0.1, 0.15) is 245 Å². The van der Waals surface area contributed by atoms with Crippen molar-refractivity contribution in [2.24, 2.45) is 5.73 Å². The first-order valence-electron chi connectivity index (χ1n) is 24.2. The molecule has 2 atom stereocenters. The fourth-order valence-electron chi connectivity index (χ4n) is 7.04. The molecule has 338 valence electrons. The summed E-state index contributed by atoms with van der Waals surface area (Å²) in [5.41, 5.74) is 5.36. The molecule has 0 heterocycles. The summed E-state index contributed by atoms with van der Waals surface area (Å²) in [6.07, 6.45) is 46.7. The monoisotopic (exact) mass is 830 g/mol. The molecule has 3 N–H and O–H groups in total. The van der Waals surface area contributed by atoms with E-state index in [0.29, 0.717) is 6.42 Å². The van der Waals surface area contributed by atoms with Crippen molar-refractivity contribution in [3.8, 4) is 0 Å². The Balaban J connectivity index is 4.05. The van der Waals surface area contributed by atoms with Crippen molar-refractivity contribution in [2.45, 2.75) is 251 Å². The average Bonchev–Trinajstić information content (AvgIpc) is 3.20. The van der Waals surface area contributed by atoms with E-state index in [0.717, 1.165) is 44.9 Å². The van der Waals surface area contributed by atoms with Crippen molar-refractivity contribution in [3.63, 3.8) is 0 Å². The number of phosphoric acid groups is 1. The molecule has 0 radical (unpaired) electrons. The highest BCUT2D eigenvalue weighted by atomic mass is 31.2. The maximum absolute atomic E-state index is 12.6. The molecule has 0 aromatic rings. The predicted octanol–water partition coefficient (Wildman–Crippen LogP) is 14.2. The maximum Gasteiger partial charge on any atom is 0.472 e. The first-order valence-corrected chi connectivity index (χ1v) is 25.7. The summed E-state index contributed by atoms with van der Waals surface area (Å²) in [5.74, 6) is -0.819. The third kappa shape index (κ3) is 44.1. The fourth-order valence-corrected chi connectivity index (χ4v) is 7.81. The van der Waals surface area contributed by atoms with Crippen LogP contribution in [-0.4, -0.2) is 49.3 Å². The van der Waals surface area contributed by atoms with Gasteiger partial charge >= 0.3 is 19.8 Å². The van der Waals surface area contributed by atoms with Crippen LogP contribution in [0.15, 0.2) is 12.2 Å². The van der Waals surface area contributed by atoms with E-state index in [-0.39, 0.29) is 38.6 Å². The highest BCUT2D eigenvalue weighted by Gasteiger charge is 2.26. The lowest BCUT2D eigenvalue weighted by atomic mass is 10.0. The van der Waals surface area contributed by atoms with Gasteiger partial charge in [0, 0.05) is 19.4 Å². The van der Waals surface area contributed by atoms with Crippen LogP contribution in [0.25, 0.3) is 0 Å². The van der Waals surface area contributed by atoms with Gasteiger partial charge in [-0.1, -0.05) is 206 Å². The van der Waals surface area contributed by atoms with Gasteiger partial charge in [-0.15, -0.1) is 0 Å². The molecular formula is C47H92NO8P. The topological polar surface area (TPSA) is 134 Å². The molecule has 0 aliphatic rings. The third-order valence-corrected chi connectivity index (χ3v) is 11.6. The standard InChI is InChI=1S/C47H92NO8P/c1-3-5-7-9-11-13-15-17-19-21-22-24-25-27-29-31-33-35-37-39-46(49)53-43-45(44-55-57(51,52)54-42-41-48)56-47(50)40-38-36-34-32-30-28-26-23-20-18-16-14-12-10-8-6-4-2/h18,20,45H,3-17,19,21-44,48H2,1-2H3,(H,51,52)/b20-18-/t45-/m1/s1. The van der Waals surface area contributed by atoms with Crippen LogP contribution >= 0.6 is 7.82 Å². The average molecular weight is 830 g/mol. The third-order valence-electron chi connectivity index (χ3n) is 10.7. The first kappa shape index (κ1) is 55.8. The van der Waals surface area contributed by atoms with Gasteiger partial charge in [-0.2, -0.15) is 0 Å². The molecule has 0 saturated carbocycles. The van der Waals surface area contributed by atoms with Crippen LogP contribution < -0.4 is 5.73 Å². The number of rotatable bonds is 46. The number of hydrogen-bond acceptors (Lipinski definition) is 8. The SMILES string of the molecule is CCCCCCCC/C=C\CCCCCCCCCC(=O)O[C@H](COC(=O)CCCCCCCCCCCCCCCCCCCCC)COP(=O)(O)OCCN. The quantitative estimate of drug-likeness (QED) is 0.0266. The molecule has 1 unspecified atom stereocenters. The van der Waals surface area contributed by atoms with Crippen LogP contribution in [0.2, 0.25) is 0 Å².